The molecule has 0 aromatic rings. The minimum atomic E-state index is -4.04. The van der Waals surface area contributed by atoms with E-state index in [4.69, 9.17) is 28.4 Å². The van der Waals surface area contributed by atoms with Crippen molar-refractivity contribution < 1.29 is 42.2 Å². The van der Waals surface area contributed by atoms with Crippen LogP contribution >= 0.6 is 15.2 Å². The number of ether oxygens (including phenoxy) is 1. The van der Waals surface area contributed by atoms with Crippen LogP contribution in [0.25, 0.3) is 10.4 Å². The molecule has 1 rings (SSSR count). The topological polar surface area (TPSA) is 170 Å². The summed E-state index contributed by atoms with van der Waals surface area (Å²) in [5.41, 5.74) is 8.74. The van der Waals surface area contributed by atoms with Gasteiger partial charge >= 0.3 is 15.2 Å². The first-order chi connectivity index (χ1) is 13.2. The molecule has 1 aliphatic heterocycles. The molecule has 1 unspecified atom stereocenters. The van der Waals surface area contributed by atoms with Crippen LogP contribution in [0.15, 0.2) is 5.11 Å². The minimum Gasteiger partial charge on any atom is -0.387 e. The Morgan fingerprint density at radius 3 is 1.79 bits per heavy atom. The highest BCUT2D eigenvalue weighted by Gasteiger charge is 2.54. The molecule has 2 N–H and O–H groups in total. The maximum absolute atomic E-state index is 13.5. The Bertz CT molecular complexity index is 581. The zero-order chi connectivity index (χ0) is 21.4. The van der Waals surface area contributed by atoms with Crippen molar-refractivity contribution in [3.05, 3.63) is 10.4 Å². The quantitative estimate of drug-likeness (QED) is 0.187. The first-order valence-electron chi connectivity index (χ1n) is 9.06. The van der Waals surface area contributed by atoms with Crippen molar-refractivity contribution in [3.63, 3.8) is 0 Å². The smallest absolute Gasteiger partial charge is 0.345 e. The van der Waals surface area contributed by atoms with Gasteiger partial charge in [-0.05, 0) is 39.6 Å². The summed E-state index contributed by atoms with van der Waals surface area (Å²) in [6.45, 7) is 6.39. The maximum atomic E-state index is 13.5. The Kier molecular flexibility index (Phi) is 10.6. The molecule has 0 aliphatic carbocycles. The lowest BCUT2D eigenvalue weighted by Gasteiger charge is -2.33. The monoisotopic (exact) mass is 445 g/mol. The van der Waals surface area contributed by atoms with Gasteiger partial charge in [0.05, 0.1) is 38.6 Å². The van der Waals surface area contributed by atoms with E-state index in [1.807, 2.05) is 0 Å². The van der Waals surface area contributed by atoms with Crippen LogP contribution in [0.1, 0.15) is 34.1 Å². The molecule has 0 bridgehead atoms. The van der Waals surface area contributed by atoms with Crippen LogP contribution in [0, 0.1) is 0 Å². The molecule has 1 aliphatic rings. The van der Waals surface area contributed by atoms with Gasteiger partial charge < -0.3 is 33.0 Å². The van der Waals surface area contributed by atoms with Crippen molar-refractivity contribution in [2.24, 2.45) is 5.11 Å². The summed E-state index contributed by atoms with van der Waals surface area (Å²) < 4.78 is 53.6. The molecule has 12 nitrogen and oxygen atoms in total. The van der Waals surface area contributed by atoms with Crippen LogP contribution < -0.4 is 0 Å². The molecule has 14 heteroatoms. The molecule has 1 heterocycles. The molecule has 0 aromatic heterocycles. The number of hydrogen-bond acceptors (Lipinski definition) is 10. The van der Waals surface area contributed by atoms with E-state index in [2.05, 4.69) is 10.0 Å². The lowest BCUT2D eigenvalue weighted by atomic mass is 10.1. The Hall–Kier alpha value is -0.510. The third-order valence-electron chi connectivity index (χ3n) is 3.93. The van der Waals surface area contributed by atoms with Crippen molar-refractivity contribution in [2.45, 2.75) is 64.1 Å². The van der Waals surface area contributed by atoms with E-state index in [1.165, 1.54) is 0 Å². The number of rotatable bonds is 13. The van der Waals surface area contributed by atoms with Crippen LogP contribution in [0.4, 0.5) is 0 Å². The second-order valence-corrected chi connectivity index (χ2v) is 10.6. The fourth-order valence-corrected chi connectivity index (χ4v) is 8.30. The van der Waals surface area contributed by atoms with E-state index < -0.39 is 45.1 Å². The van der Waals surface area contributed by atoms with E-state index in [9.17, 15) is 19.3 Å². The fraction of sp³-hybridized carbons (Fsp3) is 1.00. The van der Waals surface area contributed by atoms with Crippen molar-refractivity contribution >= 4 is 15.2 Å². The van der Waals surface area contributed by atoms with Gasteiger partial charge in [-0.2, -0.15) is 0 Å². The molecule has 164 valence electrons. The lowest BCUT2D eigenvalue weighted by Crippen LogP contribution is -2.33. The summed E-state index contributed by atoms with van der Waals surface area (Å²) in [4.78, 5) is 2.64. The van der Waals surface area contributed by atoms with Gasteiger partial charge in [0.25, 0.3) is 0 Å². The normalized spacial score (nSPS) is 25.8. The lowest BCUT2D eigenvalue weighted by molar-refractivity contribution is -0.127. The van der Waals surface area contributed by atoms with Crippen molar-refractivity contribution in [3.8, 4) is 0 Å². The van der Waals surface area contributed by atoms with Crippen LogP contribution in [-0.2, 0) is 32.0 Å². The molecule has 0 spiro atoms. The Morgan fingerprint density at radius 2 is 1.43 bits per heavy atom. The fourth-order valence-electron chi connectivity index (χ4n) is 2.90. The maximum Gasteiger partial charge on any atom is 0.345 e. The number of hydrogen-bond donors (Lipinski definition) is 2. The summed E-state index contributed by atoms with van der Waals surface area (Å²) in [7, 11) is -8.08. The van der Waals surface area contributed by atoms with Gasteiger partial charge in [0.1, 0.15) is 6.10 Å². The summed E-state index contributed by atoms with van der Waals surface area (Å²) in [5.74, 6) is 0. The van der Waals surface area contributed by atoms with Crippen molar-refractivity contribution in [2.75, 3.05) is 26.4 Å². The van der Waals surface area contributed by atoms with Crippen LogP contribution in [-0.4, -0.2) is 66.6 Å². The highest BCUT2D eigenvalue weighted by atomic mass is 31.2. The Morgan fingerprint density at radius 1 is 1.00 bits per heavy atom. The third-order valence-corrected chi connectivity index (χ3v) is 9.98. The number of aliphatic hydroxyl groups is 2. The molecule has 0 aromatic carbocycles. The molecule has 4 atom stereocenters. The van der Waals surface area contributed by atoms with E-state index in [-0.39, 0.29) is 32.8 Å². The molecular formula is C14H29N3O9P2. The van der Waals surface area contributed by atoms with Gasteiger partial charge in [0.2, 0.25) is 0 Å². The van der Waals surface area contributed by atoms with Gasteiger partial charge in [-0.1, -0.05) is 5.11 Å². The SMILES string of the molecule is CCOP(=O)(OCC)C(C[C@@H]1OC(O)[C@@H](O)[C@@H]1N=[N+]=[N-])P(=O)(OCC)OCC. The highest BCUT2D eigenvalue weighted by molar-refractivity contribution is 7.72. The second kappa shape index (κ2) is 11.6. The zero-order valence-corrected chi connectivity index (χ0v) is 18.2. The molecular weight excluding hydrogens is 416 g/mol. The summed E-state index contributed by atoms with van der Waals surface area (Å²) in [6.07, 6.45) is -4.57. The van der Waals surface area contributed by atoms with E-state index in [0.29, 0.717) is 0 Å². The van der Waals surface area contributed by atoms with E-state index >= 15 is 0 Å². The Labute approximate surface area is 164 Å². The minimum absolute atomic E-state index is 0.00256. The van der Waals surface area contributed by atoms with Crippen LogP contribution in [0.3, 0.4) is 0 Å². The summed E-state index contributed by atoms with van der Waals surface area (Å²) in [5, 5.41) is 21.8. The van der Waals surface area contributed by atoms with Crippen molar-refractivity contribution in [1.82, 2.24) is 0 Å². The van der Waals surface area contributed by atoms with Gasteiger partial charge in [0.15, 0.2) is 11.7 Å². The summed E-state index contributed by atoms with van der Waals surface area (Å²) >= 11 is 0. The number of nitrogens with zero attached hydrogens (tertiary/aromatic N) is 3. The van der Waals surface area contributed by atoms with E-state index in [0.717, 1.165) is 0 Å². The molecule has 0 amide bonds. The number of aliphatic hydroxyl groups excluding tert-OH is 2. The van der Waals surface area contributed by atoms with E-state index in [1.54, 1.807) is 27.7 Å². The second-order valence-electron chi connectivity index (χ2n) is 5.72. The van der Waals surface area contributed by atoms with Crippen LogP contribution in [0.5, 0.6) is 0 Å². The number of azide groups is 1. The molecule has 28 heavy (non-hydrogen) atoms. The van der Waals surface area contributed by atoms with Crippen molar-refractivity contribution in [1.29, 1.82) is 0 Å². The van der Waals surface area contributed by atoms with Gasteiger partial charge in [-0.15, -0.1) is 0 Å². The Balaban J connectivity index is 3.39. The molecule has 1 fully saturated rings. The standard InChI is InChI=1S/C14H29N3O9P2/c1-5-22-27(20,23-6-2)11(28(21,24-7-3)25-8-4)9-10-12(16-17-15)13(18)14(19)26-10/h10-14,18-19H,5-9H2,1-4H3/t10-,12+,13-,14?/m0/s1. The molecule has 0 saturated carbocycles. The van der Waals surface area contributed by atoms with Gasteiger partial charge in [-0.25, -0.2) is 0 Å². The average Bonchev–Trinajstić information content (AvgIpc) is 2.88. The van der Waals surface area contributed by atoms with Crippen LogP contribution in [0.2, 0.25) is 0 Å². The van der Waals surface area contributed by atoms with Gasteiger partial charge in [-0.3, -0.25) is 9.13 Å². The largest absolute Gasteiger partial charge is 0.387 e. The first kappa shape index (κ1) is 25.5. The predicted octanol–water partition coefficient (Wildman–Crippen LogP) is 2.99. The zero-order valence-electron chi connectivity index (χ0n) is 16.4. The first-order valence-corrected chi connectivity index (χ1v) is 12.3. The van der Waals surface area contributed by atoms with Gasteiger partial charge in [0, 0.05) is 4.91 Å². The molecule has 1 saturated heterocycles. The third kappa shape index (κ3) is 6.00. The average molecular weight is 445 g/mol. The molecule has 0 radical (unpaired) electrons. The highest BCUT2D eigenvalue weighted by Crippen LogP contribution is 2.72. The predicted molar refractivity (Wildman–Crippen MR) is 99.9 cm³/mol. The summed E-state index contributed by atoms with van der Waals surface area (Å²) in [6, 6.07) is -1.20.